The lowest BCUT2D eigenvalue weighted by molar-refractivity contribution is -0.136. The van der Waals surface area contributed by atoms with Crippen LogP contribution in [0.5, 0.6) is 0 Å². The van der Waals surface area contributed by atoms with Crippen LogP contribution < -0.4 is 5.32 Å². The molecule has 0 fully saturated rings. The molecule has 0 bridgehead atoms. The molecule has 0 spiro atoms. The van der Waals surface area contributed by atoms with Crippen LogP contribution in [0.1, 0.15) is 17.0 Å². The molecule has 0 amide bonds. The van der Waals surface area contributed by atoms with Crippen molar-refractivity contribution in [2.75, 3.05) is 6.54 Å². The third-order valence-corrected chi connectivity index (χ3v) is 2.64. The van der Waals surface area contributed by atoms with Crippen LogP contribution in [0, 0.1) is 0 Å². The molecule has 0 saturated heterocycles. The van der Waals surface area contributed by atoms with Crippen LogP contribution in [0.25, 0.3) is 0 Å². The second-order valence-corrected chi connectivity index (χ2v) is 4.16. The third-order valence-electron chi connectivity index (χ3n) is 2.64. The maximum absolute atomic E-state index is 10.5. The molecule has 0 radical (unpaired) electrons. The van der Waals surface area contributed by atoms with Gasteiger partial charge < -0.3 is 14.9 Å². The largest absolute Gasteiger partial charge is 0.481 e. The molecule has 0 unspecified atom stereocenters. The van der Waals surface area contributed by atoms with Gasteiger partial charge in [0.1, 0.15) is 0 Å². The molecule has 6 heteroatoms. The van der Waals surface area contributed by atoms with Gasteiger partial charge in [-0.25, -0.2) is 0 Å². The summed E-state index contributed by atoms with van der Waals surface area (Å²) in [6.07, 6.45) is 2.09. The van der Waals surface area contributed by atoms with E-state index in [1.807, 2.05) is 24.3 Å². The maximum atomic E-state index is 10.5. The molecule has 1 aromatic heterocycles. The summed E-state index contributed by atoms with van der Waals surface area (Å²) in [5.41, 5.74) is 1.92. The zero-order valence-corrected chi connectivity index (χ0v) is 10.4. The van der Waals surface area contributed by atoms with E-state index in [4.69, 9.17) is 5.11 Å². The molecule has 1 aromatic carbocycles. The van der Waals surface area contributed by atoms with E-state index < -0.39 is 5.97 Å². The van der Waals surface area contributed by atoms with E-state index in [1.54, 1.807) is 0 Å². The van der Waals surface area contributed by atoms with Crippen molar-refractivity contribution in [1.29, 1.82) is 0 Å². The van der Waals surface area contributed by atoms with E-state index in [-0.39, 0.29) is 6.42 Å². The van der Waals surface area contributed by atoms with Crippen molar-refractivity contribution in [3.8, 4) is 0 Å². The van der Waals surface area contributed by atoms with Gasteiger partial charge in [-0.3, -0.25) is 4.79 Å². The molecule has 100 valence electrons. The normalized spacial score (nSPS) is 10.5. The molecule has 0 atom stereocenters. The Morgan fingerprint density at radius 2 is 2.00 bits per heavy atom. The predicted octanol–water partition coefficient (Wildman–Crippen LogP) is 1.03. The number of nitrogens with zero attached hydrogens (tertiary/aromatic N) is 2. The Hall–Kier alpha value is -2.21. The summed E-state index contributed by atoms with van der Waals surface area (Å²) in [6, 6.07) is 7.54. The van der Waals surface area contributed by atoms with Gasteiger partial charge in [0.2, 0.25) is 6.39 Å². The summed E-state index contributed by atoms with van der Waals surface area (Å²) in [6.45, 7) is 1.49. The molecule has 0 aliphatic heterocycles. The smallest absolute Gasteiger partial charge is 0.307 e. The monoisotopic (exact) mass is 261 g/mol. The average Bonchev–Trinajstić information content (AvgIpc) is 2.89. The fraction of sp³-hybridized carbons (Fsp3) is 0.308. The first-order valence-electron chi connectivity index (χ1n) is 5.99. The van der Waals surface area contributed by atoms with E-state index in [1.165, 1.54) is 6.39 Å². The van der Waals surface area contributed by atoms with Gasteiger partial charge in [0.25, 0.3) is 0 Å². The highest BCUT2D eigenvalue weighted by molar-refractivity contribution is 5.70. The van der Waals surface area contributed by atoms with E-state index in [9.17, 15) is 4.79 Å². The Kier molecular flexibility index (Phi) is 4.63. The van der Waals surface area contributed by atoms with Gasteiger partial charge in [0.05, 0.1) is 6.42 Å². The number of rotatable bonds is 7. The molecule has 1 heterocycles. The zero-order valence-electron chi connectivity index (χ0n) is 10.4. The van der Waals surface area contributed by atoms with Crippen molar-refractivity contribution < 1.29 is 14.4 Å². The van der Waals surface area contributed by atoms with Crippen LogP contribution in [0.2, 0.25) is 0 Å². The minimum Gasteiger partial charge on any atom is -0.481 e. The Labute approximate surface area is 110 Å². The van der Waals surface area contributed by atoms with Gasteiger partial charge in [-0.15, -0.1) is 0 Å². The van der Waals surface area contributed by atoms with Crippen molar-refractivity contribution >= 4 is 5.97 Å². The third kappa shape index (κ3) is 4.51. The van der Waals surface area contributed by atoms with Gasteiger partial charge in [0.15, 0.2) is 5.82 Å². The summed E-state index contributed by atoms with van der Waals surface area (Å²) in [4.78, 5) is 14.5. The molecule has 0 aliphatic rings. The highest BCUT2D eigenvalue weighted by Gasteiger charge is 2.01. The van der Waals surface area contributed by atoms with E-state index in [2.05, 4.69) is 20.0 Å². The van der Waals surface area contributed by atoms with Gasteiger partial charge in [-0.05, 0) is 11.1 Å². The Balaban J connectivity index is 1.72. The van der Waals surface area contributed by atoms with E-state index in [0.29, 0.717) is 12.2 Å². The van der Waals surface area contributed by atoms with Crippen molar-refractivity contribution in [3.05, 3.63) is 47.6 Å². The van der Waals surface area contributed by atoms with Crippen molar-refractivity contribution in [2.45, 2.75) is 19.4 Å². The fourth-order valence-electron chi connectivity index (χ4n) is 1.69. The minimum atomic E-state index is -0.814. The van der Waals surface area contributed by atoms with Crippen molar-refractivity contribution in [3.63, 3.8) is 0 Å². The SMILES string of the molecule is O=C(O)Cc1ccc(CNCCc2ncon2)cc1. The zero-order chi connectivity index (χ0) is 13.5. The number of carboxylic acids is 1. The average molecular weight is 261 g/mol. The summed E-state index contributed by atoms with van der Waals surface area (Å²) in [7, 11) is 0. The number of aromatic nitrogens is 2. The molecule has 0 saturated carbocycles. The van der Waals surface area contributed by atoms with Crippen LogP contribution in [-0.4, -0.2) is 27.8 Å². The Morgan fingerprint density at radius 1 is 1.26 bits per heavy atom. The Bertz CT molecular complexity index is 508. The molecule has 0 aliphatic carbocycles. The van der Waals surface area contributed by atoms with Crippen LogP contribution in [-0.2, 0) is 24.2 Å². The lowest BCUT2D eigenvalue weighted by Gasteiger charge is -2.04. The number of hydrogen-bond acceptors (Lipinski definition) is 5. The first-order chi connectivity index (χ1) is 9.24. The summed E-state index contributed by atoms with van der Waals surface area (Å²) in [5.74, 6) is -0.129. The van der Waals surface area contributed by atoms with E-state index in [0.717, 1.165) is 24.2 Å². The van der Waals surface area contributed by atoms with Crippen LogP contribution >= 0.6 is 0 Å². The summed E-state index contributed by atoms with van der Waals surface area (Å²) >= 11 is 0. The lowest BCUT2D eigenvalue weighted by Crippen LogP contribution is -2.17. The summed E-state index contributed by atoms with van der Waals surface area (Å²) < 4.78 is 4.64. The van der Waals surface area contributed by atoms with E-state index >= 15 is 0 Å². The molecule has 2 rings (SSSR count). The standard InChI is InChI=1S/C13H15N3O3/c17-13(18)7-10-1-3-11(4-2-10)8-14-6-5-12-15-9-19-16-12/h1-4,9,14H,5-8H2,(H,17,18). The number of hydrogen-bond donors (Lipinski definition) is 2. The fourth-order valence-corrected chi connectivity index (χ4v) is 1.69. The number of carbonyl (C=O) groups is 1. The molecule has 2 N–H and O–H groups in total. The lowest BCUT2D eigenvalue weighted by atomic mass is 10.1. The number of benzene rings is 1. The number of carboxylic acid groups (broad SMARTS) is 1. The highest BCUT2D eigenvalue weighted by atomic mass is 16.5. The molecule has 2 aromatic rings. The predicted molar refractivity (Wildman–Crippen MR) is 67.5 cm³/mol. The quantitative estimate of drug-likeness (QED) is 0.724. The van der Waals surface area contributed by atoms with Crippen molar-refractivity contribution in [2.24, 2.45) is 0 Å². The second kappa shape index (κ2) is 6.65. The van der Waals surface area contributed by atoms with Crippen LogP contribution in [0.3, 0.4) is 0 Å². The summed E-state index contributed by atoms with van der Waals surface area (Å²) in [5, 5.41) is 15.6. The molecule has 6 nitrogen and oxygen atoms in total. The first kappa shape index (κ1) is 13.2. The topological polar surface area (TPSA) is 88.2 Å². The van der Waals surface area contributed by atoms with Gasteiger partial charge >= 0.3 is 5.97 Å². The minimum absolute atomic E-state index is 0.0610. The molecule has 19 heavy (non-hydrogen) atoms. The number of aliphatic carboxylic acids is 1. The highest BCUT2D eigenvalue weighted by Crippen LogP contribution is 2.05. The van der Waals surface area contributed by atoms with Crippen LogP contribution in [0.15, 0.2) is 35.2 Å². The number of nitrogens with one attached hydrogen (secondary N) is 1. The molecular formula is C13H15N3O3. The van der Waals surface area contributed by atoms with Crippen molar-refractivity contribution in [1.82, 2.24) is 15.5 Å². The maximum Gasteiger partial charge on any atom is 0.307 e. The second-order valence-electron chi connectivity index (χ2n) is 4.16. The molecular weight excluding hydrogens is 246 g/mol. The Morgan fingerprint density at radius 3 is 2.63 bits per heavy atom. The van der Waals surface area contributed by atoms with Gasteiger partial charge in [-0.1, -0.05) is 29.4 Å². The van der Waals surface area contributed by atoms with Gasteiger partial charge in [-0.2, -0.15) is 4.98 Å². The first-order valence-corrected chi connectivity index (χ1v) is 5.99. The van der Waals surface area contributed by atoms with Crippen LogP contribution in [0.4, 0.5) is 0 Å². The van der Waals surface area contributed by atoms with Gasteiger partial charge in [0, 0.05) is 19.5 Å².